The molecule has 0 aromatic heterocycles. The lowest BCUT2D eigenvalue weighted by Crippen LogP contribution is -2.58. The number of nitrogens with zero attached hydrogens (tertiary/aromatic N) is 1. The number of benzene rings is 2. The molecule has 0 heterocycles. The molecule has 0 aliphatic heterocycles. The van der Waals surface area contributed by atoms with Crippen molar-refractivity contribution in [2.24, 2.45) is 5.92 Å². The predicted molar refractivity (Wildman–Crippen MR) is 166 cm³/mol. The molecule has 0 spiro atoms. The van der Waals surface area contributed by atoms with Crippen LogP contribution in [0.3, 0.4) is 0 Å². The molecule has 0 aliphatic carbocycles. The van der Waals surface area contributed by atoms with Crippen LogP contribution in [0, 0.1) is 11.7 Å². The van der Waals surface area contributed by atoms with Gasteiger partial charge in [-0.2, -0.15) is 0 Å². The fourth-order valence-corrected chi connectivity index (χ4v) is 4.09. The van der Waals surface area contributed by atoms with Crippen LogP contribution < -0.4 is 16.0 Å². The summed E-state index contributed by atoms with van der Waals surface area (Å²) in [6, 6.07) is 11.6. The first-order chi connectivity index (χ1) is 20.7. The molecule has 0 saturated heterocycles. The summed E-state index contributed by atoms with van der Waals surface area (Å²) in [5.41, 5.74) is 0.758. The van der Waals surface area contributed by atoms with E-state index in [1.54, 1.807) is 0 Å². The lowest BCUT2D eigenvalue weighted by molar-refractivity contribution is -0.172. The minimum Gasteiger partial charge on any atom is -0.373 e. The van der Waals surface area contributed by atoms with Crippen LogP contribution >= 0.6 is 0 Å². The van der Waals surface area contributed by atoms with Crippen LogP contribution in [-0.4, -0.2) is 73.2 Å². The summed E-state index contributed by atoms with van der Waals surface area (Å²) in [5.74, 6) is -2.56. The Bertz CT molecular complexity index is 1260. The third kappa shape index (κ3) is 13.0. The lowest BCUT2D eigenvalue weighted by Gasteiger charge is -2.29. The van der Waals surface area contributed by atoms with Gasteiger partial charge in [0.25, 0.3) is 5.91 Å². The summed E-state index contributed by atoms with van der Waals surface area (Å²) in [7, 11) is 2.80. The van der Waals surface area contributed by atoms with E-state index < -0.39 is 53.2 Å². The summed E-state index contributed by atoms with van der Waals surface area (Å²) >= 11 is 0. The van der Waals surface area contributed by atoms with E-state index in [4.69, 9.17) is 9.57 Å². The number of hydrogen-bond donors (Lipinski definition) is 3. The van der Waals surface area contributed by atoms with E-state index in [1.807, 2.05) is 65.0 Å². The van der Waals surface area contributed by atoms with Gasteiger partial charge in [0.1, 0.15) is 23.9 Å². The number of amides is 4. The molecule has 44 heavy (non-hydrogen) atoms. The van der Waals surface area contributed by atoms with E-state index in [1.165, 1.54) is 50.6 Å². The van der Waals surface area contributed by atoms with Crippen LogP contribution in [0.1, 0.15) is 52.2 Å². The number of carbonyl (C=O) groups is 4. The van der Waals surface area contributed by atoms with Gasteiger partial charge in [-0.05, 0) is 62.4 Å². The van der Waals surface area contributed by atoms with Gasteiger partial charge in [0.2, 0.25) is 17.7 Å². The number of hydrogen-bond acceptors (Lipinski definition) is 6. The van der Waals surface area contributed by atoms with Gasteiger partial charge in [0.05, 0.1) is 19.3 Å². The molecular formula is C33H45FN4O6. The van der Waals surface area contributed by atoms with E-state index >= 15 is 0 Å². The summed E-state index contributed by atoms with van der Waals surface area (Å²) < 4.78 is 19.1. The quantitative estimate of drug-likeness (QED) is 0.209. The zero-order chi connectivity index (χ0) is 32.9. The zero-order valence-corrected chi connectivity index (χ0v) is 26.6. The van der Waals surface area contributed by atoms with Crippen molar-refractivity contribution in [3.63, 3.8) is 0 Å². The number of hydroxylamine groups is 2. The summed E-state index contributed by atoms with van der Waals surface area (Å²) in [4.78, 5) is 58.0. The van der Waals surface area contributed by atoms with E-state index in [0.29, 0.717) is 12.0 Å². The Morgan fingerprint density at radius 2 is 1.48 bits per heavy atom. The maximum Gasteiger partial charge on any atom is 0.268 e. The number of carbonyl (C=O) groups excluding carboxylic acids is 4. The van der Waals surface area contributed by atoms with Crippen molar-refractivity contribution in [1.29, 1.82) is 0 Å². The predicted octanol–water partition coefficient (Wildman–Crippen LogP) is 3.42. The molecule has 240 valence electrons. The molecule has 4 amide bonds. The first-order valence-corrected chi connectivity index (χ1v) is 14.5. The Morgan fingerprint density at radius 3 is 2.05 bits per heavy atom. The topological polar surface area (TPSA) is 126 Å². The molecule has 2 aromatic carbocycles. The molecule has 2 rings (SSSR count). The molecule has 0 fully saturated rings. The van der Waals surface area contributed by atoms with E-state index in [0.717, 1.165) is 10.6 Å². The van der Waals surface area contributed by atoms with Crippen molar-refractivity contribution >= 4 is 29.7 Å². The molecule has 10 nitrogen and oxygen atoms in total. The SMILES string of the molecule is CON(C)C(=O)[C@H](CC(C)C)NC(=O)[C@H](COC(C)(C)C)NC(=O)[C@H](Cc1ccccc1)NC(=O)/C=C/c1ccc(F)cc1. The second-order valence-electron chi connectivity index (χ2n) is 11.8. The second kappa shape index (κ2) is 17.3. The zero-order valence-electron chi connectivity index (χ0n) is 26.6. The number of rotatable bonds is 15. The smallest absolute Gasteiger partial charge is 0.268 e. The first-order valence-electron chi connectivity index (χ1n) is 14.5. The standard InChI is InChI=1S/C33H45FN4O6/c1-22(2)19-27(32(42)38(6)43-7)36-31(41)28(21-44-33(3,4)5)37-30(40)26(20-24-11-9-8-10-12-24)35-29(39)18-15-23-13-16-25(34)17-14-23/h8-18,22,26-28H,19-21H2,1-7H3,(H,35,39)(H,36,41)(H,37,40)/b18-15+/t26-,27-,28-/m0/s1. The van der Waals surface area contributed by atoms with Gasteiger partial charge in [-0.25, -0.2) is 9.45 Å². The van der Waals surface area contributed by atoms with Crippen LogP contribution in [-0.2, 0) is 35.2 Å². The second-order valence-corrected chi connectivity index (χ2v) is 11.8. The third-order valence-corrected chi connectivity index (χ3v) is 6.43. The largest absolute Gasteiger partial charge is 0.373 e. The Kier molecular flexibility index (Phi) is 14.2. The van der Waals surface area contributed by atoms with Crippen molar-refractivity contribution in [3.05, 3.63) is 77.6 Å². The maximum atomic E-state index is 13.7. The Labute approximate surface area is 259 Å². The summed E-state index contributed by atoms with van der Waals surface area (Å²) in [5, 5.41) is 9.22. The summed E-state index contributed by atoms with van der Waals surface area (Å²) in [6.07, 6.45) is 3.24. The van der Waals surface area contributed by atoms with Crippen molar-refractivity contribution in [2.75, 3.05) is 20.8 Å². The molecule has 0 saturated carbocycles. The highest BCUT2D eigenvalue weighted by molar-refractivity contribution is 5.97. The Hall–Kier alpha value is -4.09. The Balaban J connectivity index is 2.30. The van der Waals surface area contributed by atoms with Crippen LogP contribution in [0.25, 0.3) is 6.08 Å². The highest BCUT2D eigenvalue weighted by atomic mass is 19.1. The highest BCUT2D eigenvalue weighted by Crippen LogP contribution is 2.12. The molecule has 0 unspecified atom stereocenters. The molecule has 2 aromatic rings. The van der Waals surface area contributed by atoms with Crippen LogP contribution in [0.2, 0.25) is 0 Å². The van der Waals surface area contributed by atoms with Crippen molar-refractivity contribution in [2.45, 2.75) is 71.2 Å². The summed E-state index contributed by atoms with van der Waals surface area (Å²) in [6.45, 7) is 9.10. The van der Waals surface area contributed by atoms with Crippen molar-refractivity contribution < 1.29 is 33.1 Å². The third-order valence-electron chi connectivity index (χ3n) is 6.43. The molecule has 11 heteroatoms. The van der Waals surface area contributed by atoms with Gasteiger partial charge in [-0.1, -0.05) is 56.3 Å². The van der Waals surface area contributed by atoms with E-state index in [2.05, 4.69) is 16.0 Å². The van der Waals surface area contributed by atoms with Crippen molar-refractivity contribution in [1.82, 2.24) is 21.0 Å². The minimum atomic E-state index is -1.18. The van der Waals surface area contributed by atoms with Crippen LogP contribution in [0.5, 0.6) is 0 Å². The fourth-order valence-electron chi connectivity index (χ4n) is 4.09. The number of ether oxygens (including phenoxy) is 1. The van der Waals surface area contributed by atoms with E-state index in [-0.39, 0.29) is 18.9 Å². The minimum absolute atomic E-state index is 0.0711. The average molecular weight is 613 g/mol. The van der Waals surface area contributed by atoms with E-state index in [9.17, 15) is 23.6 Å². The molecule has 0 bridgehead atoms. The van der Waals surface area contributed by atoms with Gasteiger partial charge in [-0.3, -0.25) is 24.0 Å². The number of likely N-dealkylation sites (N-methyl/N-ethyl adjacent to an activating group) is 1. The highest BCUT2D eigenvalue weighted by Gasteiger charge is 2.32. The van der Waals surface area contributed by atoms with Gasteiger partial charge < -0.3 is 20.7 Å². The van der Waals surface area contributed by atoms with Gasteiger partial charge in [-0.15, -0.1) is 0 Å². The van der Waals surface area contributed by atoms with Crippen LogP contribution in [0.4, 0.5) is 4.39 Å². The first kappa shape index (κ1) is 36.1. The average Bonchev–Trinajstić information content (AvgIpc) is 2.97. The molecule has 3 N–H and O–H groups in total. The molecule has 3 atom stereocenters. The maximum absolute atomic E-state index is 13.7. The van der Waals surface area contributed by atoms with Gasteiger partial charge in [0, 0.05) is 19.5 Å². The molecule has 0 radical (unpaired) electrons. The van der Waals surface area contributed by atoms with Gasteiger partial charge >= 0.3 is 0 Å². The Morgan fingerprint density at radius 1 is 0.886 bits per heavy atom. The molecule has 0 aliphatic rings. The van der Waals surface area contributed by atoms with Gasteiger partial charge in [0.15, 0.2) is 0 Å². The molecular weight excluding hydrogens is 567 g/mol. The van der Waals surface area contributed by atoms with Crippen molar-refractivity contribution in [3.8, 4) is 0 Å². The lowest BCUT2D eigenvalue weighted by atomic mass is 10.0. The van der Waals surface area contributed by atoms with Crippen LogP contribution in [0.15, 0.2) is 60.7 Å². The fraction of sp³-hybridized carbons (Fsp3) is 0.455. The monoisotopic (exact) mass is 612 g/mol. The normalized spacial score (nSPS) is 13.7. The number of nitrogens with one attached hydrogen (secondary N) is 3. The number of halogens is 1.